The molecule has 0 spiro atoms. The molecule has 2 atom stereocenters. The van der Waals surface area contributed by atoms with Crippen molar-refractivity contribution in [1.29, 1.82) is 0 Å². The van der Waals surface area contributed by atoms with Gasteiger partial charge in [-0.25, -0.2) is 0 Å². The molecule has 0 unspecified atom stereocenters. The van der Waals surface area contributed by atoms with Crippen molar-refractivity contribution in [2.75, 3.05) is 89.6 Å². The zero-order valence-electron chi connectivity index (χ0n) is 41.4. The minimum atomic E-state index is -4.46. The van der Waals surface area contributed by atoms with Crippen molar-refractivity contribution in [2.24, 2.45) is 0 Å². The van der Waals surface area contributed by atoms with Gasteiger partial charge in [-0.05, 0) is 124 Å². The molecule has 5 N–H and O–H groups in total. The number of fused-ring (bicyclic) bond motifs is 2. The van der Waals surface area contributed by atoms with E-state index < -0.39 is 31.7 Å². The fourth-order valence-corrected chi connectivity index (χ4v) is 9.08. The topological polar surface area (TPSA) is 146 Å². The summed E-state index contributed by atoms with van der Waals surface area (Å²) in [6, 6.07) is 20.6. The van der Waals surface area contributed by atoms with Crippen LogP contribution in [0.15, 0.2) is 72.8 Å². The number of aliphatic hydroxyl groups is 1. The van der Waals surface area contributed by atoms with Gasteiger partial charge >= 0.3 is 12.4 Å². The Hall–Kier alpha value is -5.92. The average Bonchev–Trinajstić information content (AvgIpc) is 3.90. The van der Waals surface area contributed by atoms with Crippen LogP contribution < -0.4 is 50.0 Å². The summed E-state index contributed by atoms with van der Waals surface area (Å²) in [5, 5.41) is 23.7. The summed E-state index contributed by atoms with van der Waals surface area (Å²) in [5.74, 6) is 0.143. The normalized spacial score (nSPS) is 14.2. The van der Waals surface area contributed by atoms with E-state index in [1.54, 1.807) is 36.4 Å². The summed E-state index contributed by atoms with van der Waals surface area (Å²) in [7, 11) is 3.94. The van der Waals surface area contributed by atoms with Crippen LogP contribution in [0.5, 0.6) is 23.0 Å². The molecule has 72 heavy (non-hydrogen) atoms. The van der Waals surface area contributed by atoms with E-state index in [0.717, 1.165) is 59.6 Å². The molecule has 6 rings (SSSR count). The number of carbonyl (C=O) groups excluding carboxylic acids is 2. The lowest BCUT2D eigenvalue weighted by Gasteiger charge is -2.20. The first kappa shape index (κ1) is 55.4. The first-order chi connectivity index (χ1) is 34.3. The van der Waals surface area contributed by atoms with Gasteiger partial charge in [0.05, 0.1) is 28.6 Å². The zero-order valence-corrected chi connectivity index (χ0v) is 41.4. The molecule has 2 heterocycles. The lowest BCUT2D eigenvalue weighted by atomic mass is 9.98. The number of halogens is 6. The van der Waals surface area contributed by atoms with E-state index in [2.05, 4.69) is 43.2 Å². The van der Waals surface area contributed by atoms with Crippen LogP contribution in [0.4, 0.5) is 37.7 Å². The number of ether oxygens (including phenoxy) is 4. The molecule has 0 bridgehead atoms. The van der Waals surface area contributed by atoms with E-state index in [0.29, 0.717) is 75.8 Å². The number of hydrogen-bond donors (Lipinski definition) is 5. The molecular formula is C53H68F6N6O7. The molecule has 4 aromatic rings. The largest absolute Gasteiger partial charge is 0.488 e. The molecule has 19 heteroatoms. The predicted octanol–water partition coefficient (Wildman–Crippen LogP) is 7.83. The molecule has 0 saturated heterocycles. The standard InChI is InChI=1S/C53H68F6N6O7/c1-35(60-21-25-69-44-13-5-7-15-46(44)71-33-52(54,55)56)27-37-29-39-17-23-64(3)48(39)42(31-37)50(67)62-19-9-11-41(66)12-10-20-63-51(68)43-32-38(30-40-18-24-65(4)49(40)43)28-36(2)61-22-26-70-45-14-6-8-16-47(45)72-34-53(57,58)59/h5-8,13-16,29-32,35-36,41,60-61,66H,9-12,17-28,33-34H2,1-4H3,(H,62,67)(H,63,68)/t35-,36-/m1/s1. The first-order valence-electron chi connectivity index (χ1n) is 24.6. The third-order valence-corrected chi connectivity index (χ3v) is 12.5. The molecule has 2 aliphatic heterocycles. The molecule has 13 nitrogen and oxygen atoms in total. The van der Waals surface area contributed by atoms with Crippen molar-refractivity contribution < 1.29 is 60.0 Å². The molecule has 0 aliphatic carbocycles. The minimum Gasteiger partial charge on any atom is -0.488 e. The Morgan fingerprint density at radius 2 is 0.972 bits per heavy atom. The first-order valence-corrected chi connectivity index (χ1v) is 24.6. The van der Waals surface area contributed by atoms with Crippen LogP contribution in [0.25, 0.3) is 0 Å². The number of carbonyl (C=O) groups is 2. The van der Waals surface area contributed by atoms with Crippen molar-refractivity contribution in [1.82, 2.24) is 21.3 Å². The second kappa shape index (κ2) is 26.2. The number of para-hydroxylation sites is 4. The van der Waals surface area contributed by atoms with Crippen LogP contribution in [-0.4, -0.2) is 127 Å². The van der Waals surface area contributed by atoms with Crippen molar-refractivity contribution in [3.63, 3.8) is 0 Å². The number of anilines is 2. The van der Waals surface area contributed by atoms with E-state index >= 15 is 0 Å². The fourth-order valence-electron chi connectivity index (χ4n) is 9.08. The Bertz CT molecular complexity index is 2240. The second-order valence-electron chi connectivity index (χ2n) is 18.6. The number of aliphatic hydroxyl groups excluding tert-OH is 1. The quantitative estimate of drug-likeness (QED) is 0.0281. The van der Waals surface area contributed by atoms with Gasteiger partial charge in [-0.2, -0.15) is 26.3 Å². The highest BCUT2D eigenvalue weighted by Crippen LogP contribution is 2.35. The molecular weight excluding hydrogens is 947 g/mol. The molecule has 2 aliphatic rings. The number of likely N-dealkylation sites (N-methyl/N-ethyl adjacent to an activating group) is 2. The van der Waals surface area contributed by atoms with Crippen LogP contribution in [0.2, 0.25) is 0 Å². The van der Waals surface area contributed by atoms with Gasteiger partial charge in [0.1, 0.15) is 13.2 Å². The lowest BCUT2D eigenvalue weighted by molar-refractivity contribution is -0.154. The average molecular weight is 1020 g/mol. The number of benzene rings is 4. The molecule has 0 saturated carbocycles. The Labute approximate surface area is 417 Å². The maximum Gasteiger partial charge on any atom is 0.422 e. The molecule has 0 radical (unpaired) electrons. The van der Waals surface area contributed by atoms with E-state index in [9.17, 15) is 41.0 Å². The maximum atomic E-state index is 13.6. The third kappa shape index (κ3) is 17.1. The molecule has 4 aromatic carbocycles. The highest BCUT2D eigenvalue weighted by molar-refractivity contribution is 6.02. The summed E-state index contributed by atoms with van der Waals surface area (Å²) in [5.41, 5.74) is 7.23. The van der Waals surface area contributed by atoms with Crippen LogP contribution >= 0.6 is 0 Å². The van der Waals surface area contributed by atoms with Crippen molar-refractivity contribution in [2.45, 2.75) is 95.8 Å². The number of hydrogen-bond acceptors (Lipinski definition) is 11. The van der Waals surface area contributed by atoms with Gasteiger partial charge in [-0.1, -0.05) is 36.4 Å². The van der Waals surface area contributed by atoms with Crippen molar-refractivity contribution in [3.8, 4) is 23.0 Å². The van der Waals surface area contributed by atoms with E-state index in [4.69, 9.17) is 18.9 Å². The molecule has 0 fully saturated rings. The Morgan fingerprint density at radius 3 is 1.35 bits per heavy atom. The van der Waals surface area contributed by atoms with E-state index in [-0.39, 0.29) is 60.1 Å². The second-order valence-corrected chi connectivity index (χ2v) is 18.6. The predicted molar refractivity (Wildman–Crippen MR) is 265 cm³/mol. The third-order valence-electron chi connectivity index (χ3n) is 12.5. The van der Waals surface area contributed by atoms with Gasteiger partial charge in [0, 0.05) is 65.4 Å². The van der Waals surface area contributed by atoms with Gasteiger partial charge in [-0.15, -0.1) is 0 Å². The number of nitrogens with one attached hydrogen (secondary N) is 4. The Balaban J connectivity index is 0.898. The summed E-state index contributed by atoms with van der Waals surface area (Å²) in [4.78, 5) is 31.4. The SMILES string of the molecule is C[C@H](Cc1cc2c(c(C(=O)NCCCC(O)CCCNC(=O)c3cc(C[C@@H](C)NCCOc4ccccc4OCC(F)(F)F)cc4c3N(C)CC4)c1)N(C)CC2)NCCOc1ccccc1OCC(F)(F)F. The lowest BCUT2D eigenvalue weighted by Crippen LogP contribution is -2.32. The van der Waals surface area contributed by atoms with Gasteiger partial charge < -0.3 is 55.1 Å². The van der Waals surface area contributed by atoms with Gasteiger partial charge in [0.2, 0.25) is 0 Å². The molecule has 2 amide bonds. The monoisotopic (exact) mass is 1010 g/mol. The molecule has 394 valence electrons. The van der Waals surface area contributed by atoms with E-state index in [1.165, 1.54) is 12.1 Å². The fraction of sp³-hybridized carbons (Fsp3) is 0.509. The number of rotatable bonds is 28. The van der Waals surface area contributed by atoms with Crippen LogP contribution in [0, 0.1) is 0 Å². The highest BCUT2D eigenvalue weighted by atomic mass is 19.4. The van der Waals surface area contributed by atoms with Gasteiger partial charge in [0.15, 0.2) is 36.2 Å². The summed E-state index contributed by atoms with van der Waals surface area (Å²) >= 11 is 0. The number of amides is 2. The number of nitrogens with zero attached hydrogens (tertiary/aromatic N) is 2. The highest BCUT2D eigenvalue weighted by Gasteiger charge is 2.31. The van der Waals surface area contributed by atoms with E-state index in [1.807, 2.05) is 40.1 Å². The maximum absolute atomic E-state index is 13.6. The van der Waals surface area contributed by atoms with Gasteiger partial charge in [0.25, 0.3) is 11.8 Å². The summed E-state index contributed by atoms with van der Waals surface area (Å²) < 4.78 is 97.4. The van der Waals surface area contributed by atoms with Crippen LogP contribution in [-0.2, 0) is 25.7 Å². The van der Waals surface area contributed by atoms with Crippen LogP contribution in [0.3, 0.4) is 0 Å². The smallest absolute Gasteiger partial charge is 0.422 e. The molecule has 0 aromatic heterocycles. The van der Waals surface area contributed by atoms with Crippen molar-refractivity contribution in [3.05, 3.63) is 106 Å². The summed E-state index contributed by atoms with van der Waals surface area (Å²) in [6.07, 6.45) is -4.53. The minimum absolute atomic E-state index is 0.00533. The Morgan fingerprint density at radius 1 is 0.597 bits per heavy atom. The Kier molecular flexibility index (Phi) is 20.1. The summed E-state index contributed by atoms with van der Waals surface area (Å²) in [6.45, 7) is 4.87. The number of alkyl halides is 6. The zero-order chi connectivity index (χ0) is 51.8. The van der Waals surface area contributed by atoms with Crippen LogP contribution in [0.1, 0.15) is 82.5 Å². The van der Waals surface area contributed by atoms with Gasteiger partial charge in [-0.3, -0.25) is 9.59 Å². The van der Waals surface area contributed by atoms with Crippen molar-refractivity contribution >= 4 is 23.2 Å².